The standard InChI is InChI=1S/C12H19NOS/c1-10-4-6-12(7-5-10)14-8-2-3-11(13)9-15/h4-7,11,15H,2-3,8-9,13H2,1H3. The van der Waals surface area contributed by atoms with Gasteiger partial charge in [0, 0.05) is 11.8 Å². The Bertz CT molecular complexity index is 273. The number of hydrogen-bond donors (Lipinski definition) is 2. The largest absolute Gasteiger partial charge is 0.494 e. The highest BCUT2D eigenvalue weighted by Crippen LogP contribution is 2.11. The van der Waals surface area contributed by atoms with Crippen LogP contribution in [0.5, 0.6) is 5.75 Å². The molecule has 0 aliphatic heterocycles. The van der Waals surface area contributed by atoms with Gasteiger partial charge in [0.2, 0.25) is 0 Å². The van der Waals surface area contributed by atoms with Crippen LogP contribution >= 0.6 is 12.6 Å². The zero-order valence-corrected chi connectivity index (χ0v) is 10.0. The molecule has 0 aliphatic rings. The smallest absolute Gasteiger partial charge is 0.119 e. The highest BCUT2D eigenvalue weighted by atomic mass is 32.1. The monoisotopic (exact) mass is 225 g/mol. The summed E-state index contributed by atoms with van der Waals surface area (Å²) in [6.45, 7) is 2.79. The van der Waals surface area contributed by atoms with Gasteiger partial charge in [-0.2, -0.15) is 12.6 Å². The summed E-state index contributed by atoms with van der Waals surface area (Å²) in [6, 6.07) is 8.28. The Hall–Kier alpha value is -0.670. The molecule has 84 valence electrons. The van der Waals surface area contributed by atoms with Gasteiger partial charge in [-0.05, 0) is 31.9 Å². The summed E-state index contributed by atoms with van der Waals surface area (Å²) in [6.07, 6.45) is 1.95. The first-order valence-electron chi connectivity index (χ1n) is 5.28. The van der Waals surface area contributed by atoms with E-state index in [1.807, 2.05) is 12.1 Å². The Balaban J connectivity index is 2.17. The fourth-order valence-corrected chi connectivity index (χ4v) is 1.44. The van der Waals surface area contributed by atoms with Crippen molar-refractivity contribution in [3.63, 3.8) is 0 Å². The highest BCUT2D eigenvalue weighted by molar-refractivity contribution is 7.80. The molecule has 15 heavy (non-hydrogen) atoms. The van der Waals surface area contributed by atoms with E-state index in [4.69, 9.17) is 10.5 Å². The van der Waals surface area contributed by atoms with Crippen molar-refractivity contribution in [3.05, 3.63) is 29.8 Å². The molecule has 1 atom stereocenters. The second-order valence-electron chi connectivity index (χ2n) is 3.75. The minimum atomic E-state index is 0.190. The van der Waals surface area contributed by atoms with Crippen LogP contribution in [-0.4, -0.2) is 18.4 Å². The molecule has 0 spiro atoms. The molecule has 0 aliphatic carbocycles. The molecule has 0 heterocycles. The lowest BCUT2D eigenvalue weighted by molar-refractivity contribution is 0.303. The van der Waals surface area contributed by atoms with Crippen LogP contribution in [0.3, 0.4) is 0 Å². The third-order valence-corrected chi connectivity index (χ3v) is 2.71. The second kappa shape index (κ2) is 6.75. The molecule has 0 saturated carbocycles. The average molecular weight is 225 g/mol. The van der Waals surface area contributed by atoms with Gasteiger partial charge in [-0.15, -0.1) is 0 Å². The Kier molecular flexibility index (Phi) is 5.58. The molecule has 2 N–H and O–H groups in total. The Morgan fingerprint density at radius 2 is 2.00 bits per heavy atom. The van der Waals surface area contributed by atoms with Crippen molar-refractivity contribution in [1.29, 1.82) is 0 Å². The molecule has 0 bridgehead atoms. The van der Waals surface area contributed by atoms with Gasteiger partial charge in [0.25, 0.3) is 0 Å². The van der Waals surface area contributed by atoms with Gasteiger partial charge in [0.15, 0.2) is 0 Å². The Labute approximate surface area is 97.2 Å². The molecular formula is C12H19NOS. The first-order valence-corrected chi connectivity index (χ1v) is 5.91. The summed E-state index contributed by atoms with van der Waals surface area (Å²) in [7, 11) is 0. The van der Waals surface area contributed by atoms with Crippen LogP contribution in [0.15, 0.2) is 24.3 Å². The third kappa shape index (κ3) is 5.09. The third-order valence-electron chi connectivity index (χ3n) is 2.24. The van der Waals surface area contributed by atoms with Gasteiger partial charge < -0.3 is 10.5 Å². The van der Waals surface area contributed by atoms with E-state index in [2.05, 4.69) is 31.7 Å². The molecule has 3 heteroatoms. The van der Waals surface area contributed by atoms with Crippen molar-refractivity contribution in [2.45, 2.75) is 25.8 Å². The number of rotatable bonds is 6. The molecule has 1 unspecified atom stereocenters. The van der Waals surface area contributed by atoms with Gasteiger partial charge in [-0.25, -0.2) is 0 Å². The van der Waals surface area contributed by atoms with Crippen molar-refractivity contribution in [3.8, 4) is 5.75 Å². The molecule has 1 aromatic carbocycles. The van der Waals surface area contributed by atoms with Crippen LogP contribution in [0.4, 0.5) is 0 Å². The first kappa shape index (κ1) is 12.4. The van der Waals surface area contributed by atoms with Crippen LogP contribution in [0.2, 0.25) is 0 Å². The van der Waals surface area contributed by atoms with Crippen molar-refractivity contribution in [1.82, 2.24) is 0 Å². The fourth-order valence-electron chi connectivity index (χ4n) is 1.26. The molecule has 2 nitrogen and oxygen atoms in total. The number of thiol groups is 1. The van der Waals surface area contributed by atoms with Crippen molar-refractivity contribution >= 4 is 12.6 Å². The van der Waals surface area contributed by atoms with Crippen LogP contribution in [0.25, 0.3) is 0 Å². The van der Waals surface area contributed by atoms with Crippen molar-refractivity contribution in [2.75, 3.05) is 12.4 Å². The fraction of sp³-hybridized carbons (Fsp3) is 0.500. The minimum Gasteiger partial charge on any atom is -0.494 e. The predicted molar refractivity (Wildman–Crippen MR) is 67.7 cm³/mol. The van der Waals surface area contributed by atoms with Crippen LogP contribution < -0.4 is 10.5 Å². The Morgan fingerprint density at radius 3 is 2.60 bits per heavy atom. The van der Waals surface area contributed by atoms with Gasteiger partial charge in [-0.1, -0.05) is 17.7 Å². The van der Waals surface area contributed by atoms with Crippen LogP contribution in [0.1, 0.15) is 18.4 Å². The van der Waals surface area contributed by atoms with E-state index < -0.39 is 0 Å². The molecule has 0 amide bonds. The van der Waals surface area contributed by atoms with Crippen LogP contribution in [-0.2, 0) is 0 Å². The number of benzene rings is 1. The van der Waals surface area contributed by atoms with Gasteiger partial charge in [0.1, 0.15) is 5.75 Å². The second-order valence-corrected chi connectivity index (χ2v) is 4.11. The molecular weight excluding hydrogens is 206 g/mol. The van der Waals surface area contributed by atoms with E-state index in [0.717, 1.165) is 31.0 Å². The SMILES string of the molecule is Cc1ccc(OCCCC(N)CS)cc1. The lowest BCUT2D eigenvalue weighted by atomic mass is 10.2. The molecule has 0 fully saturated rings. The van der Waals surface area contributed by atoms with Crippen LogP contribution in [0, 0.1) is 6.92 Å². The van der Waals surface area contributed by atoms with E-state index in [9.17, 15) is 0 Å². The molecule has 0 saturated heterocycles. The minimum absolute atomic E-state index is 0.190. The van der Waals surface area contributed by atoms with Gasteiger partial charge >= 0.3 is 0 Å². The van der Waals surface area contributed by atoms with Gasteiger partial charge in [-0.3, -0.25) is 0 Å². The maximum Gasteiger partial charge on any atom is 0.119 e. The number of aryl methyl sites for hydroxylation is 1. The maximum atomic E-state index is 5.74. The summed E-state index contributed by atoms with van der Waals surface area (Å²) in [5.74, 6) is 1.67. The van der Waals surface area contributed by atoms with Crippen molar-refractivity contribution in [2.24, 2.45) is 5.73 Å². The molecule has 1 rings (SSSR count). The maximum absolute atomic E-state index is 5.74. The number of ether oxygens (including phenoxy) is 1. The van der Waals surface area contributed by atoms with E-state index in [1.165, 1.54) is 5.56 Å². The predicted octanol–water partition coefficient (Wildman–Crippen LogP) is 2.41. The summed E-state index contributed by atoms with van der Waals surface area (Å²) in [4.78, 5) is 0. The van der Waals surface area contributed by atoms with E-state index >= 15 is 0 Å². The normalized spacial score (nSPS) is 12.5. The lowest BCUT2D eigenvalue weighted by Gasteiger charge is -2.09. The summed E-state index contributed by atoms with van der Waals surface area (Å²) < 4.78 is 5.58. The lowest BCUT2D eigenvalue weighted by Crippen LogP contribution is -2.22. The zero-order valence-electron chi connectivity index (χ0n) is 9.15. The molecule has 1 aromatic rings. The van der Waals surface area contributed by atoms with Crippen molar-refractivity contribution < 1.29 is 4.74 Å². The number of nitrogens with two attached hydrogens (primary N) is 1. The topological polar surface area (TPSA) is 35.2 Å². The molecule has 0 aromatic heterocycles. The Morgan fingerprint density at radius 1 is 1.33 bits per heavy atom. The quantitative estimate of drug-likeness (QED) is 0.576. The highest BCUT2D eigenvalue weighted by Gasteiger charge is 1.99. The van der Waals surface area contributed by atoms with E-state index in [-0.39, 0.29) is 6.04 Å². The van der Waals surface area contributed by atoms with E-state index in [0.29, 0.717) is 0 Å². The number of hydrogen-bond acceptors (Lipinski definition) is 3. The zero-order chi connectivity index (χ0) is 11.1. The summed E-state index contributed by atoms with van der Waals surface area (Å²) >= 11 is 4.13. The van der Waals surface area contributed by atoms with E-state index in [1.54, 1.807) is 0 Å². The van der Waals surface area contributed by atoms with Gasteiger partial charge in [0.05, 0.1) is 6.61 Å². The average Bonchev–Trinajstić information content (AvgIpc) is 2.26. The summed E-state index contributed by atoms with van der Waals surface area (Å²) in [5.41, 5.74) is 6.99. The molecule has 0 radical (unpaired) electrons. The first-order chi connectivity index (χ1) is 7.22. The summed E-state index contributed by atoms with van der Waals surface area (Å²) in [5, 5.41) is 0.